The Balaban J connectivity index is 1.43. The molecule has 34 heavy (non-hydrogen) atoms. The van der Waals surface area contributed by atoms with Crippen molar-refractivity contribution in [2.45, 2.75) is 70.0 Å². The summed E-state index contributed by atoms with van der Waals surface area (Å²) in [5.41, 5.74) is 6.77. The average Bonchev–Trinajstić information content (AvgIpc) is 3.68. The second kappa shape index (κ2) is 11.1. The van der Waals surface area contributed by atoms with Crippen LogP contribution in [0.5, 0.6) is 0 Å². The van der Waals surface area contributed by atoms with Gasteiger partial charge in [-0.3, -0.25) is 14.8 Å². The summed E-state index contributed by atoms with van der Waals surface area (Å²) >= 11 is 0. The molecule has 0 radical (unpaired) electrons. The number of rotatable bonds is 10. The number of hydrogen-bond donors (Lipinski definition) is 2. The Hall–Kier alpha value is -2.80. The first kappa shape index (κ1) is 24.3. The molecule has 0 bridgehead atoms. The average molecular weight is 466 g/mol. The Bertz CT molecular complexity index is 968. The van der Waals surface area contributed by atoms with Gasteiger partial charge in [0, 0.05) is 31.9 Å². The molecule has 2 aliphatic rings. The number of carbonyl (C=O) groups is 1. The van der Waals surface area contributed by atoms with Gasteiger partial charge >= 0.3 is 0 Å². The molecule has 3 N–H and O–H groups in total. The predicted molar refractivity (Wildman–Crippen MR) is 133 cm³/mol. The molecule has 2 aromatic rings. The van der Waals surface area contributed by atoms with Gasteiger partial charge in [0.25, 0.3) is 0 Å². The van der Waals surface area contributed by atoms with Crippen molar-refractivity contribution in [1.29, 1.82) is 0 Å². The van der Waals surface area contributed by atoms with E-state index in [1.165, 1.54) is 25.0 Å². The van der Waals surface area contributed by atoms with Crippen LogP contribution in [0.4, 0.5) is 4.39 Å². The predicted octanol–water partition coefficient (Wildman–Crippen LogP) is 4.05. The Morgan fingerprint density at radius 2 is 1.91 bits per heavy atom. The highest BCUT2D eigenvalue weighted by Crippen LogP contribution is 2.35. The van der Waals surface area contributed by atoms with E-state index in [1.54, 1.807) is 6.20 Å². The molecular weight excluding hydrogens is 429 g/mol. The Kier molecular flexibility index (Phi) is 7.93. The fourth-order valence-corrected chi connectivity index (χ4v) is 4.55. The summed E-state index contributed by atoms with van der Waals surface area (Å²) in [6.45, 7) is 4.20. The summed E-state index contributed by atoms with van der Waals surface area (Å²) in [7, 11) is 0. The molecule has 7 heteroatoms. The maximum Gasteiger partial charge on any atom is 0.245 e. The number of piperidine rings is 1. The van der Waals surface area contributed by atoms with Crippen molar-refractivity contribution in [2.24, 2.45) is 16.6 Å². The molecule has 0 spiro atoms. The minimum Gasteiger partial charge on any atom is -0.368 e. The monoisotopic (exact) mass is 465 g/mol. The van der Waals surface area contributed by atoms with Gasteiger partial charge in [-0.2, -0.15) is 0 Å². The van der Waals surface area contributed by atoms with E-state index in [4.69, 9.17) is 10.7 Å². The van der Waals surface area contributed by atoms with Crippen LogP contribution in [-0.4, -0.2) is 46.3 Å². The normalized spacial score (nSPS) is 19.1. The number of pyridine rings is 1. The van der Waals surface area contributed by atoms with Gasteiger partial charge in [-0.15, -0.1) is 0 Å². The molecule has 1 saturated carbocycles. The lowest BCUT2D eigenvalue weighted by atomic mass is 9.93. The molecule has 182 valence electrons. The van der Waals surface area contributed by atoms with Gasteiger partial charge in [-0.1, -0.05) is 43.9 Å². The number of carbonyl (C=O) groups excluding carboxylic acids is 1. The zero-order chi connectivity index (χ0) is 24.0. The quantitative estimate of drug-likeness (QED) is 0.410. The molecule has 1 saturated heterocycles. The molecule has 1 amide bonds. The largest absolute Gasteiger partial charge is 0.368 e. The number of benzene rings is 1. The minimum absolute atomic E-state index is 0.214. The van der Waals surface area contributed by atoms with E-state index < -0.39 is 5.54 Å². The number of nitrogens with zero attached hydrogens (tertiary/aromatic N) is 3. The van der Waals surface area contributed by atoms with Crippen LogP contribution in [0.25, 0.3) is 0 Å². The van der Waals surface area contributed by atoms with Gasteiger partial charge in [-0.25, -0.2) is 4.39 Å². The molecule has 1 atom stereocenters. The van der Waals surface area contributed by atoms with Gasteiger partial charge in [0.05, 0.1) is 0 Å². The maximum absolute atomic E-state index is 13.1. The Labute approximate surface area is 201 Å². The van der Waals surface area contributed by atoms with Crippen LogP contribution in [-0.2, 0) is 11.3 Å². The summed E-state index contributed by atoms with van der Waals surface area (Å²) in [5, 5.41) is 3.59. The highest BCUT2D eigenvalue weighted by Gasteiger charge is 2.34. The first-order valence-corrected chi connectivity index (χ1v) is 12.5. The van der Waals surface area contributed by atoms with E-state index in [0.717, 1.165) is 61.8 Å². The number of nitrogens with two attached hydrogens (primary N) is 1. The number of amides is 1. The van der Waals surface area contributed by atoms with Gasteiger partial charge in [0.2, 0.25) is 5.91 Å². The van der Waals surface area contributed by atoms with Crippen LogP contribution < -0.4 is 11.1 Å². The van der Waals surface area contributed by atoms with Crippen LogP contribution in [0.15, 0.2) is 53.7 Å². The van der Waals surface area contributed by atoms with Crippen LogP contribution in [0.2, 0.25) is 0 Å². The lowest BCUT2D eigenvalue weighted by Crippen LogP contribution is -2.47. The van der Waals surface area contributed by atoms with Gasteiger partial charge in [-0.05, 0) is 61.9 Å². The summed E-state index contributed by atoms with van der Waals surface area (Å²) in [4.78, 5) is 24.3. The number of aromatic nitrogens is 1. The highest BCUT2D eigenvalue weighted by molar-refractivity contribution is 5.99. The van der Waals surface area contributed by atoms with E-state index in [9.17, 15) is 9.18 Å². The summed E-state index contributed by atoms with van der Waals surface area (Å²) in [5.74, 6) is 0.976. The van der Waals surface area contributed by atoms with Crippen molar-refractivity contribution in [3.63, 3.8) is 0 Å². The fraction of sp³-hybridized carbons (Fsp3) is 0.519. The van der Waals surface area contributed by atoms with Crippen molar-refractivity contribution < 1.29 is 9.18 Å². The van der Waals surface area contributed by atoms with Gasteiger partial charge < -0.3 is 16.0 Å². The molecule has 1 aliphatic carbocycles. The number of amidine groups is 1. The van der Waals surface area contributed by atoms with Crippen molar-refractivity contribution >= 4 is 11.7 Å². The Morgan fingerprint density at radius 3 is 2.53 bits per heavy atom. The maximum atomic E-state index is 13.1. The van der Waals surface area contributed by atoms with Gasteiger partial charge in [0.1, 0.15) is 17.1 Å². The number of aliphatic imine (C=N–C) groups is 1. The molecule has 4 rings (SSSR count). The van der Waals surface area contributed by atoms with E-state index in [2.05, 4.69) is 15.2 Å². The smallest absolute Gasteiger partial charge is 0.245 e. The number of primary amides is 1. The topological polar surface area (TPSA) is 83.6 Å². The van der Waals surface area contributed by atoms with Crippen molar-refractivity contribution in [1.82, 2.24) is 15.2 Å². The SMILES string of the molecule is CC(CCCC1CC1)(N=C(c1ccccn1)N1CCC(NCc2ccc(F)cc2)CC1)C(N)=O. The summed E-state index contributed by atoms with van der Waals surface area (Å²) in [6, 6.07) is 12.8. The molecule has 1 aliphatic heterocycles. The molecule has 6 nitrogen and oxygen atoms in total. The van der Waals surface area contributed by atoms with Crippen LogP contribution >= 0.6 is 0 Å². The number of likely N-dealkylation sites (tertiary alicyclic amines) is 1. The third kappa shape index (κ3) is 6.63. The minimum atomic E-state index is -0.945. The number of halogens is 1. The van der Waals surface area contributed by atoms with E-state index in [-0.39, 0.29) is 11.7 Å². The van der Waals surface area contributed by atoms with Crippen LogP contribution in [0.1, 0.15) is 63.1 Å². The molecule has 1 aromatic carbocycles. The van der Waals surface area contributed by atoms with Crippen LogP contribution in [0, 0.1) is 11.7 Å². The first-order valence-electron chi connectivity index (χ1n) is 12.5. The molecule has 2 fully saturated rings. The van der Waals surface area contributed by atoms with Crippen LogP contribution in [0.3, 0.4) is 0 Å². The summed E-state index contributed by atoms with van der Waals surface area (Å²) in [6.07, 6.45) is 9.02. The molecule has 1 unspecified atom stereocenters. The lowest BCUT2D eigenvalue weighted by molar-refractivity contribution is -0.122. The molecule has 2 heterocycles. The molecule has 1 aromatic heterocycles. The van der Waals surface area contributed by atoms with Crippen molar-refractivity contribution in [3.05, 3.63) is 65.7 Å². The third-order valence-corrected chi connectivity index (χ3v) is 7.05. The van der Waals surface area contributed by atoms with E-state index in [1.807, 2.05) is 37.3 Å². The highest BCUT2D eigenvalue weighted by atomic mass is 19.1. The van der Waals surface area contributed by atoms with Gasteiger partial charge in [0.15, 0.2) is 5.84 Å². The number of nitrogens with one attached hydrogen (secondary N) is 1. The standard InChI is InChI=1S/C27H36FN5O/c1-27(26(29)34,15-4-5-20-7-8-20)32-25(24-6-2-3-16-30-24)33-17-13-23(14-18-33)31-19-21-9-11-22(28)12-10-21/h2-3,6,9-12,16,20,23,31H,4-5,7-8,13-15,17-19H2,1H3,(H2,29,34). The fourth-order valence-electron chi connectivity index (χ4n) is 4.55. The van der Waals surface area contributed by atoms with Crippen molar-refractivity contribution in [3.8, 4) is 0 Å². The molecular formula is C27H36FN5O. The second-order valence-corrected chi connectivity index (χ2v) is 9.89. The zero-order valence-electron chi connectivity index (χ0n) is 20.0. The van der Waals surface area contributed by atoms with Crippen molar-refractivity contribution in [2.75, 3.05) is 13.1 Å². The van der Waals surface area contributed by atoms with E-state index >= 15 is 0 Å². The lowest BCUT2D eigenvalue weighted by Gasteiger charge is -2.36. The van der Waals surface area contributed by atoms with E-state index in [0.29, 0.717) is 19.0 Å². The summed E-state index contributed by atoms with van der Waals surface area (Å²) < 4.78 is 13.1. The zero-order valence-corrected chi connectivity index (χ0v) is 20.0. The third-order valence-electron chi connectivity index (χ3n) is 7.05. The number of hydrogen-bond acceptors (Lipinski definition) is 4. The second-order valence-electron chi connectivity index (χ2n) is 9.89. The Morgan fingerprint density at radius 1 is 1.18 bits per heavy atom. The first-order chi connectivity index (χ1) is 16.4.